The summed E-state index contributed by atoms with van der Waals surface area (Å²) in [6.07, 6.45) is 7.52. The van der Waals surface area contributed by atoms with Gasteiger partial charge in [0, 0.05) is 31.8 Å². The average Bonchev–Trinajstić information content (AvgIpc) is 3.31. The minimum atomic E-state index is 0.152. The molecule has 0 spiro atoms. The van der Waals surface area contributed by atoms with Crippen LogP contribution in [0.3, 0.4) is 0 Å². The second-order valence-corrected chi connectivity index (χ2v) is 6.88. The van der Waals surface area contributed by atoms with E-state index < -0.39 is 0 Å². The molecular formula is C15H24N2O2. The predicted octanol–water partition coefficient (Wildman–Crippen LogP) is 1.15. The van der Waals surface area contributed by atoms with Gasteiger partial charge < -0.3 is 10.1 Å². The molecule has 106 valence electrons. The topological polar surface area (TPSA) is 41.6 Å². The van der Waals surface area contributed by atoms with Gasteiger partial charge in [0.1, 0.15) is 0 Å². The van der Waals surface area contributed by atoms with Gasteiger partial charge in [-0.15, -0.1) is 0 Å². The van der Waals surface area contributed by atoms with Crippen LogP contribution in [0.15, 0.2) is 0 Å². The van der Waals surface area contributed by atoms with Crippen molar-refractivity contribution in [2.75, 3.05) is 19.7 Å². The van der Waals surface area contributed by atoms with Crippen molar-refractivity contribution in [2.24, 2.45) is 11.8 Å². The summed E-state index contributed by atoms with van der Waals surface area (Å²) in [5.74, 6) is 1.32. The Morgan fingerprint density at radius 1 is 1.21 bits per heavy atom. The van der Waals surface area contributed by atoms with Crippen LogP contribution < -0.4 is 5.32 Å². The summed E-state index contributed by atoms with van der Waals surface area (Å²) in [4.78, 5) is 14.9. The minimum absolute atomic E-state index is 0.152. The first-order valence-corrected chi connectivity index (χ1v) is 7.95. The van der Waals surface area contributed by atoms with Crippen molar-refractivity contribution in [3.8, 4) is 0 Å². The lowest BCUT2D eigenvalue weighted by Gasteiger charge is -2.40. The number of amides is 1. The molecule has 4 nitrogen and oxygen atoms in total. The molecule has 1 N–H and O–H groups in total. The maximum absolute atomic E-state index is 12.3. The Balaban J connectivity index is 1.42. The Bertz CT molecular complexity index is 365. The van der Waals surface area contributed by atoms with E-state index in [0.717, 1.165) is 31.9 Å². The highest BCUT2D eigenvalue weighted by atomic mass is 16.5. The minimum Gasteiger partial charge on any atom is -0.377 e. The molecule has 19 heavy (non-hydrogen) atoms. The highest BCUT2D eigenvalue weighted by Crippen LogP contribution is 2.36. The Morgan fingerprint density at radius 2 is 2.05 bits per heavy atom. The van der Waals surface area contributed by atoms with Crippen LogP contribution in [0.2, 0.25) is 0 Å². The van der Waals surface area contributed by atoms with Gasteiger partial charge in [0.05, 0.1) is 12.0 Å². The van der Waals surface area contributed by atoms with Gasteiger partial charge in [-0.2, -0.15) is 0 Å². The van der Waals surface area contributed by atoms with E-state index in [4.69, 9.17) is 4.74 Å². The molecule has 0 radical (unpaired) electrons. The Morgan fingerprint density at radius 3 is 2.79 bits per heavy atom. The van der Waals surface area contributed by atoms with Crippen molar-refractivity contribution in [1.82, 2.24) is 10.2 Å². The number of piperidine rings is 1. The van der Waals surface area contributed by atoms with Gasteiger partial charge >= 0.3 is 0 Å². The fourth-order valence-corrected chi connectivity index (χ4v) is 3.63. The molecule has 2 heterocycles. The number of fused-ring (bicyclic) bond motifs is 1. The zero-order chi connectivity index (χ0) is 12.8. The average molecular weight is 264 g/mol. The molecule has 4 heteroatoms. The van der Waals surface area contributed by atoms with E-state index in [1.807, 2.05) is 0 Å². The highest BCUT2D eigenvalue weighted by Gasteiger charge is 2.44. The number of carbonyl (C=O) groups excluding carboxylic acids is 1. The molecule has 4 rings (SSSR count). The third-order valence-electron chi connectivity index (χ3n) is 5.10. The molecule has 1 amide bonds. The molecule has 0 aromatic heterocycles. The molecule has 2 saturated heterocycles. The number of hydrogen-bond acceptors (Lipinski definition) is 3. The van der Waals surface area contributed by atoms with Crippen LogP contribution in [-0.4, -0.2) is 48.7 Å². The predicted molar refractivity (Wildman–Crippen MR) is 71.7 cm³/mol. The van der Waals surface area contributed by atoms with Crippen molar-refractivity contribution in [3.05, 3.63) is 0 Å². The lowest BCUT2D eigenvalue weighted by molar-refractivity contribution is -0.129. The molecule has 2 aliphatic heterocycles. The van der Waals surface area contributed by atoms with E-state index in [9.17, 15) is 4.79 Å². The maximum Gasteiger partial charge on any atom is 0.224 e. The number of carbonyl (C=O) groups is 1. The van der Waals surface area contributed by atoms with Gasteiger partial charge in [-0.05, 0) is 44.4 Å². The van der Waals surface area contributed by atoms with E-state index >= 15 is 0 Å². The van der Waals surface area contributed by atoms with Gasteiger partial charge in [0.15, 0.2) is 0 Å². The summed E-state index contributed by atoms with van der Waals surface area (Å²) in [7, 11) is 0. The molecular weight excluding hydrogens is 240 g/mol. The smallest absolute Gasteiger partial charge is 0.224 e. The molecule has 2 saturated carbocycles. The number of nitrogens with zero attached hydrogens (tertiary/aromatic N) is 1. The molecule has 0 unspecified atom stereocenters. The molecule has 4 aliphatic rings. The van der Waals surface area contributed by atoms with Gasteiger partial charge in [-0.25, -0.2) is 0 Å². The summed E-state index contributed by atoms with van der Waals surface area (Å²) >= 11 is 0. The molecule has 0 aromatic rings. The van der Waals surface area contributed by atoms with Crippen molar-refractivity contribution in [2.45, 2.75) is 56.7 Å². The first-order valence-electron chi connectivity index (χ1n) is 7.95. The van der Waals surface area contributed by atoms with Crippen LogP contribution in [-0.2, 0) is 9.53 Å². The number of nitrogens with one attached hydrogen (secondary N) is 1. The standard InChI is InChI=1S/C15H24N2O2/c18-15(16-12-3-4-12)11-7-14-13(5-6-19-14)17(9-11)8-10-1-2-10/h10-14H,1-9H2,(H,16,18)/t11-,13+,14+/m0/s1. The first kappa shape index (κ1) is 12.2. The van der Waals surface area contributed by atoms with Crippen molar-refractivity contribution in [3.63, 3.8) is 0 Å². The largest absolute Gasteiger partial charge is 0.377 e. The summed E-state index contributed by atoms with van der Waals surface area (Å²) in [5, 5.41) is 3.17. The van der Waals surface area contributed by atoms with Crippen molar-refractivity contribution in [1.29, 1.82) is 0 Å². The molecule has 3 atom stereocenters. The summed E-state index contributed by atoms with van der Waals surface area (Å²) in [6, 6.07) is 1.07. The molecule has 0 aromatic carbocycles. The van der Waals surface area contributed by atoms with Gasteiger partial charge in [-0.3, -0.25) is 9.69 Å². The zero-order valence-corrected chi connectivity index (χ0v) is 11.5. The monoisotopic (exact) mass is 264 g/mol. The molecule has 0 bridgehead atoms. The Kier molecular flexibility index (Phi) is 3.03. The van der Waals surface area contributed by atoms with Gasteiger partial charge in [0.2, 0.25) is 5.91 Å². The van der Waals surface area contributed by atoms with Crippen LogP contribution in [0.1, 0.15) is 38.5 Å². The third-order valence-corrected chi connectivity index (χ3v) is 5.10. The van der Waals surface area contributed by atoms with Crippen LogP contribution in [0.4, 0.5) is 0 Å². The van der Waals surface area contributed by atoms with Crippen LogP contribution in [0.25, 0.3) is 0 Å². The first-order chi connectivity index (χ1) is 9.29. The lowest BCUT2D eigenvalue weighted by atomic mass is 9.89. The van der Waals surface area contributed by atoms with Gasteiger partial charge in [0.25, 0.3) is 0 Å². The van der Waals surface area contributed by atoms with Crippen LogP contribution >= 0.6 is 0 Å². The van der Waals surface area contributed by atoms with Gasteiger partial charge in [-0.1, -0.05) is 0 Å². The van der Waals surface area contributed by atoms with Crippen molar-refractivity contribution < 1.29 is 9.53 Å². The second-order valence-electron chi connectivity index (χ2n) is 6.88. The summed E-state index contributed by atoms with van der Waals surface area (Å²) < 4.78 is 5.87. The number of hydrogen-bond donors (Lipinski definition) is 1. The summed E-state index contributed by atoms with van der Waals surface area (Å²) in [5.41, 5.74) is 0. The zero-order valence-electron chi connectivity index (χ0n) is 11.5. The SMILES string of the molecule is O=C(NC1CC1)[C@H]1C[C@H]2OCC[C@H]2N(CC2CC2)C1. The van der Waals surface area contributed by atoms with E-state index in [0.29, 0.717) is 18.2 Å². The number of ether oxygens (including phenoxy) is 1. The third kappa shape index (κ3) is 2.65. The molecule has 2 aliphatic carbocycles. The number of rotatable bonds is 4. The summed E-state index contributed by atoms with van der Waals surface area (Å²) in [6.45, 7) is 3.03. The lowest BCUT2D eigenvalue weighted by Crippen LogP contribution is -2.53. The van der Waals surface area contributed by atoms with Crippen LogP contribution in [0.5, 0.6) is 0 Å². The molecule has 4 fully saturated rings. The van der Waals surface area contributed by atoms with E-state index in [2.05, 4.69) is 10.2 Å². The van der Waals surface area contributed by atoms with E-state index in [-0.39, 0.29) is 11.8 Å². The number of likely N-dealkylation sites (tertiary alicyclic amines) is 1. The highest BCUT2D eigenvalue weighted by molar-refractivity contribution is 5.79. The van der Waals surface area contributed by atoms with Crippen molar-refractivity contribution >= 4 is 5.91 Å². The Hall–Kier alpha value is -0.610. The van der Waals surface area contributed by atoms with E-state index in [1.54, 1.807) is 0 Å². The fraction of sp³-hybridized carbons (Fsp3) is 0.933. The fourth-order valence-electron chi connectivity index (χ4n) is 3.63. The van der Waals surface area contributed by atoms with E-state index in [1.165, 1.54) is 32.2 Å². The quantitative estimate of drug-likeness (QED) is 0.828. The maximum atomic E-state index is 12.3. The van der Waals surface area contributed by atoms with Crippen LogP contribution in [0, 0.1) is 11.8 Å². The Labute approximate surface area is 114 Å². The second kappa shape index (κ2) is 4.74. The normalized spacial score (nSPS) is 39.1.